The molecule has 5 rings (SSSR count). The molecule has 220 valence electrons. The number of ether oxygens (including phenoxy) is 1. The van der Waals surface area contributed by atoms with Gasteiger partial charge in [-0.3, -0.25) is 29.8 Å². The normalized spacial score (nSPS) is 19.9. The lowest BCUT2D eigenvalue weighted by Gasteiger charge is -2.48. The Labute approximate surface area is 251 Å². The van der Waals surface area contributed by atoms with Crippen molar-refractivity contribution < 1.29 is 24.2 Å². The summed E-state index contributed by atoms with van der Waals surface area (Å²) < 4.78 is 6.31. The number of nitro benzene ring substituents is 2. The second-order valence-electron chi connectivity index (χ2n) is 12.7. The number of carbonyl (C=O) groups excluding carboxylic acids is 2. The summed E-state index contributed by atoms with van der Waals surface area (Å²) in [5.41, 5.74) is 2.64. The van der Waals surface area contributed by atoms with Crippen LogP contribution in [0.5, 0.6) is 11.5 Å². The van der Waals surface area contributed by atoms with E-state index in [2.05, 4.69) is 48.5 Å². The van der Waals surface area contributed by atoms with Crippen molar-refractivity contribution in [2.24, 2.45) is 10.8 Å². The van der Waals surface area contributed by atoms with Crippen LogP contribution in [0, 0.1) is 31.1 Å². The Balaban J connectivity index is 1.62. The zero-order valence-electron chi connectivity index (χ0n) is 24.2. The van der Waals surface area contributed by atoms with Crippen LogP contribution in [0.15, 0.2) is 63.4 Å². The van der Waals surface area contributed by atoms with Gasteiger partial charge in [0.15, 0.2) is 11.6 Å². The molecule has 0 amide bonds. The molecule has 0 atom stereocenters. The maximum absolute atomic E-state index is 13.8. The lowest BCUT2D eigenvalue weighted by atomic mass is 9.63. The van der Waals surface area contributed by atoms with Gasteiger partial charge in [-0.1, -0.05) is 33.8 Å². The van der Waals surface area contributed by atoms with Gasteiger partial charge in [-0.25, -0.2) is 0 Å². The molecule has 0 N–H and O–H groups in total. The zero-order chi connectivity index (χ0) is 30.7. The molecular weight excluding hydrogens is 606 g/mol. The Morgan fingerprint density at radius 1 is 0.857 bits per heavy atom. The van der Waals surface area contributed by atoms with E-state index < -0.39 is 27.1 Å². The minimum Gasteiger partial charge on any atom is -0.449 e. The number of benzene rings is 2. The molecule has 0 unspecified atom stereocenters. The van der Waals surface area contributed by atoms with Crippen molar-refractivity contribution in [3.05, 3.63) is 89.2 Å². The predicted octanol–water partition coefficient (Wildman–Crippen LogP) is 7.76. The van der Waals surface area contributed by atoms with Crippen molar-refractivity contribution >= 4 is 38.9 Å². The van der Waals surface area contributed by atoms with Crippen LogP contribution in [0.25, 0.3) is 0 Å². The summed E-state index contributed by atoms with van der Waals surface area (Å²) in [5, 5.41) is 22.7. The van der Waals surface area contributed by atoms with Crippen molar-refractivity contribution in [3.8, 4) is 11.5 Å². The number of carbonyl (C=O) groups is 2. The molecule has 0 saturated carbocycles. The fraction of sp³-hybridized carbons (Fsp3) is 0.419. The Morgan fingerprint density at radius 2 is 1.40 bits per heavy atom. The van der Waals surface area contributed by atoms with Crippen molar-refractivity contribution in [1.29, 1.82) is 0 Å². The molecule has 2 aromatic rings. The number of halogens is 1. The summed E-state index contributed by atoms with van der Waals surface area (Å²) in [4.78, 5) is 51.1. The second-order valence-corrected chi connectivity index (χ2v) is 13.6. The minimum absolute atomic E-state index is 0.0341. The smallest absolute Gasteiger partial charge is 0.318 e. The first kappa shape index (κ1) is 29.6. The van der Waals surface area contributed by atoms with E-state index in [0.29, 0.717) is 35.0 Å². The average Bonchev–Trinajstić information content (AvgIpc) is 2.87. The van der Waals surface area contributed by atoms with E-state index in [4.69, 9.17) is 4.74 Å². The predicted molar refractivity (Wildman–Crippen MR) is 159 cm³/mol. The fourth-order valence-electron chi connectivity index (χ4n) is 6.51. The van der Waals surface area contributed by atoms with Crippen LogP contribution in [-0.4, -0.2) is 32.9 Å². The quantitative estimate of drug-likeness (QED) is 0.232. The van der Waals surface area contributed by atoms with Gasteiger partial charge >= 0.3 is 5.69 Å². The van der Waals surface area contributed by atoms with E-state index in [-0.39, 0.29) is 33.9 Å². The van der Waals surface area contributed by atoms with Crippen LogP contribution in [0.2, 0.25) is 0 Å². The number of hydrogen-bond donors (Lipinski definition) is 0. The Hall–Kier alpha value is -3.86. The third-order valence-electron chi connectivity index (χ3n) is 8.20. The standard InChI is InChI=1S/C31H32BrN3O7/c1-6-33-21-13-30(2,3)15-23(36)28(21)27(29-22(33)14-31(4,5)16-24(29)37)17-7-9-25(19(32)11-17)42-26-10-8-18(34(38)39)12-20(26)35(40)41/h7-12,27H,6,13-16H2,1-5H3. The maximum Gasteiger partial charge on any atom is 0.318 e. The van der Waals surface area contributed by atoms with Gasteiger partial charge in [-0.05, 0) is 70.3 Å². The highest BCUT2D eigenvalue weighted by Gasteiger charge is 2.48. The molecule has 3 aliphatic rings. The first-order valence-electron chi connectivity index (χ1n) is 13.8. The van der Waals surface area contributed by atoms with E-state index in [1.165, 1.54) is 6.07 Å². The Morgan fingerprint density at radius 3 is 1.88 bits per heavy atom. The van der Waals surface area contributed by atoms with Gasteiger partial charge in [0, 0.05) is 53.9 Å². The second kappa shape index (κ2) is 10.4. The lowest BCUT2D eigenvalue weighted by Crippen LogP contribution is -2.44. The number of ketones is 2. The highest BCUT2D eigenvalue weighted by atomic mass is 79.9. The number of nitro groups is 2. The van der Waals surface area contributed by atoms with Crippen LogP contribution in [0.4, 0.5) is 11.4 Å². The number of allylic oxidation sites excluding steroid dienone is 4. The van der Waals surface area contributed by atoms with Gasteiger partial charge in [-0.2, -0.15) is 0 Å². The summed E-state index contributed by atoms with van der Waals surface area (Å²) in [6.45, 7) is 11.1. The number of hydrogen-bond acceptors (Lipinski definition) is 8. The molecule has 0 fully saturated rings. The number of rotatable bonds is 6. The number of Topliss-reactive ketones (excluding diaryl/α,β-unsaturated/α-hetero) is 2. The summed E-state index contributed by atoms with van der Waals surface area (Å²) in [6.07, 6.45) is 2.20. The zero-order valence-corrected chi connectivity index (χ0v) is 25.7. The van der Waals surface area contributed by atoms with Gasteiger partial charge in [0.1, 0.15) is 5.75 Å². The molecule has 0 saturated heterocycles. The molecule has 42 heavy (non-hydrogen) atoms. The summed E-state index contributed by atoms with van der Waals surface area (Å²) in [5.74, 6) is -0.375. The van der Waals surface area contributed by atoms with Crippen LogP contribution in [0.1, 0.15) is 71.8 Å². The number of non-ortho nitro benzene ring substituents is 1. The summed E-state index contributed by atoms with van der Waals surface area (Å²) >= 11 is 3.52. The first-order valence-corrected chi connectivity index (χ1v) is 14.6. The topological polar surface area (TPSA) is 133 Å². The van der Waals surface area contributed by atoms with Gasteiger partial charge in [0.25, 0.3) is 5.69 Å². The van der Waals surface area contributed by atoms with E-state index in [1.54, 1.807) is 18.2 Å². The Bertz CT molecular complexity index is 1570. The maximum atomic E-state index is 13.8. The van der Waals surface area contributed by atoms with E-state index in [0.717, 1.165) is 41.9 Å². The van der Waals surface area contributed by atoms with Gasteiger partial charge in [0.2, 0.25) is 5.75 Å². The molecule has 0 spiro atoms. The molecule has 11 heteroatoms. The van der Waals surface area contributed by atoms with Gasteiger partial charge in [-0.15, -0.1) is 0 Å². The van der Waals surface area contributed by atoms with Crippen molar-refractivity contribution in [3.63, 3.8) is 0 Å². The molecule has 0 aromatic heterocycles. The van der Waals surface area contributed by atoms with Gasteiger partial charge in [0.05, 0.1) is 20.4 Å². The van der Waals surface area contributed by atoms with Crippen LogP contribution in [-0.2, 0) is 9.59 Å². The fourth-order valence-corrected chi connectivity index (χ4v) is 6.99. The monoisotopic (exact) mass is 637 g/mol. The molecule has 1 aliphatic heterocycles. The van der Waals surface area contributed by atoms with Crippen LogP contribution < -0.4 is 4.74 Å². The molecule has 0 bridgehead atoms. The number of nitrogens with zero attached hydrogens (tertiary/aromatic N) is 3. The highest BCUT2D eigenvalue weighted by Crippen LogP contribution is 2.54. The largest absolute Gasteiger partial charge is 0.449 e. The SMILES string of the molecule is CCN1C2=C(C(=O)CC(C)(C)C2)C(c2ccc(Oc3ccc([N+](=O)[O-])cc3[N+](=O)[O-])c(Br)c2)C2=C1CC(C)(C)CC2=O. The molecule has 0 radical (unpaired) electrons. The van der Waals surface area contributed by atoms with E-state index in [9.17, 15) is 29.8 Å². The summed E-state index contributed by atoms with van der Waals surface area (Å²) in [6, 6.07) is 8.38. The van der Waals surface area contributed by atoms with Gasteiger partial charge < -0.3 is 9.64 Å². The molecule has 10 nitrogen and oxygen atoms in total. The molecular formula is C31H32BrN3O7. The lowest BCUT2D eigenvalue weighted by molar-refractivity contribution is -0.394. The third-order valence-corrected chi connectivity index (χ3v) is 8.82. The van der Waals surface area contributed by atoms with E-state index in [1.807, 2.05) is 6.92 Å². The minimum atomic E-state index is -0.736. The van der Waals surface area contributed by atoms with Crippen molar-refractivity contribution in [2.75, 3.05) is 6.54 Å². The molecule has 1 heterocycles. The first-order chi connectivity index (χ1) is 19.6. The molecule has 2 aliphatic carbocycles. The van der Waals surface area contributed by atoms with Crippen molar-refractivity contribution in [1.82, 2.24) is 4.90 Å². The third kappa shape index (κ3) is 5.26. The van der Waals surface area contributed by atoms with E-state index >= 15 is 0 Å². The van der Waals surface area contributed by atoms with Crippen LogP contribution >= 0.6 is 15.9 Å². The van der Waals surface area contributed by atoms with Crippen molar-refractivity contribution in [2.45, 2.75) is 66.2 Å². The summed E-state index contributed by atoms with van der Waals surface area (Å²) in [7, 11) is 0. The highest BCUT2D eigenvalue weighted by molar-refractivity contribution is 9.10. The molecule has 2 aromatic carbocycles. The Kier molecular flexibility index (Phi) is 7.37. The average molecular weight is 639 g/mol. The van der Waals surface area contributed by atoms with Crippen LogP contribution in [0.3, 0.4) is 0 Å².